The van der Waals surface area contributed by atoms with Crippen molar-refractivity contribution in [3.8, 4) is 5.75 Å². The molecular formula is C19H21N3O3S. The van der Waals surface area contributed by atoms with Gasteiger partial charge >= 0.3 is 6.03 Å². The Bertz CT molecular complexity index is 833. The number of amides is 3. The molecule has 1 aromatic carbocycles. The van der Waals surface area contributed by atoms with Crippen LogP contribution in [0.1, 0.15) is 25.3 Å². The Balaban J connectivity index is 1.51. The molecule has 136 valence electrons. The van der Waals surface area contributed by atoms with Gasteiger partial charge in [-0.3, -0.25) is 4.79 Å². The number of rotatable bonds is 4. The van der Waals surface area contributed by atoms with Crippen molar-refractivity contribution in [1.29, 1.82) is 0 Å². The lowest BCUT2D eigenvalue weighted by atomic mass is 10.2. The Kier molecular flexibility index (Phi) is 4.32. The van der Waals surface area contributed by atoms with Crippen LogP contribution in [-0.4, -0.2) is 36.0 Å². The fourth-order valence-electron chi connectivity index (χ4n) is 3.12. The van der Waals surface area contributed by atoms with Crippen molar-refractivity contribution < 1.29 is 14.3 Å². The first-order valence-corrected chi connectivity index (χ1v) is 9.64. The van der Waals surface area contributed by atoms with E-state index in [-0.39, 0.29) is 11.9 Å². The number of urea groups is 1. The minimum Gasteiger partial charge on any atom is -0.479 e. The Hall–Kier alpha value is -2.54. The summed E-state index contributed by atoms with van der Waals surface area (Å²) < 4.78 is 5.63. The number of hydrogen-bond acceptors (Lipinski definition) is 4. The molecule has 1 aliphatic heterocycles. The molecule has 7 heteroatoms. The van der Waals surface area contributed by atoms with Gasteiger partial charge in [0, 0.05) is 25.3 Å². The van der Waals surface area contributed by atoms with Crippen molar-refractivity contribution in [3.05, 3.63) is 40.6 Å². The number of thiophene rings is 1. The molecule has 1 fully saturated rings. The fraction of sp³-hybridized carbons (Fsp3) is 0.368. The van der Waals surface area contributed by atoms with Gasteiger partial charge in [-0.1, -0.05) is 0 Å². The minimum absolute atomic E-state index is 0.0990. The zero-order valence-corrected chi connectivity index (χ0v) is 15.6. The molecule has 4 rings (SSSR count). The predicted octanol–water partition coefficient (Wildman–Crippen LogP) is 3.69. The highest BCUT2D eigenvalue weighted by molar-refractivity contribution is 7.07. The van der Waals surface area contributed by atoms with Crippen molar-refractivity contribution in [3.63, 3.8) is 0 Å². The molecule has 0 bridgehead atoms. The normalized spacial score (nSPS) is 18.9. The molecule has 26 heavy (non-hydrogen) atoms. The topological polar surface area (TPSA) is 61.9 Å². The highest BCUT2D eigenvalue weighted by Gasteiger charge is 2.33. The molecule has 2 aliphatic rings. The van der Waals surface area contributed by atoms with E-state index in [2.05, 4.69) is 10.7 Å². The molecule has 1 aromatic heterocycles. The van der Waals surface area contributed by atoms with Crippen LogP contribution in [0.2, 0.25) is 0 Å². The predicted molar refractivity (Wildman–Crippen MR) is 102 cm³/mol. The third-order valence-corrected chi connectivity index (χ3v) is 5.47. The first-order chi connectivity index (χ1) is 12.5. The molecule has 6 nitrogen and oxygen atoms in total. The molecular weight excluding hydrogens is 350 g/mol. The van der Waals surface area contributed by atoms with E-state index in [9.17, 15) is 9.59 Å². The van der Waals surface area contributed by atoms with Gasteiger partial charge in [0.05, 0.1) is 5.69 Å². The van der Waals surface area contributed by atoms with Crippen LogP contribution < -0.4 is 15.0 Å². The first kappa shape index (κ1) is 16.9. The van der Waals surface area contributed by atoms with E-state index in [0.717, 1.165) is 18.4 Å². The number of nitrogens with zero attached hydrogens (tertiary/aromatic N) is 2. The van der Waals surface area contributed by atoms with E-state index >= 15 is 0 Å². The van der Waals surface area contributed by atoms with Crippen LogP contribution in [0.15, 0.2) is 35.0 Å². The lowest BCUT2D eigenvalue weighted by Gasteiger charge is -2.30. The van der Waals surface area contributed by atoms with Crippen LogP contribution in [-0.2, 0) is 11.3 Å². The van der Waals surface area contributed by atoms with E-state index in [1.54, 1.807) is 42.3 Å². The highest BCUT2D eigenvalue weighted by Crippen LogP contribution is 2.36. The van der Waals surface area contributed by atoms with Crippen LogP contribution in [0.25, 0.3) is 0 Å². The van der Waals surface area contributed by atoms with Crippen LogP contribution in [0.5, 0.6) is 5.75 Å². The second-order valence-electron chi connectivity index (χ2n) is 6.76. The largest absolute Gasteiger partial charge is 0.479 e. The maximum atomic E-state index is 12.8. The van der Waals surface area contributed by atoms with Gasteiger partial charge < -0.3 is 19.9 Å². The zero-order chi connectivity index (χ0) is 18.3. The highest BCUT2D eigenvalue weighted by atomic mass is 32.1. The quantitative estimate of drug-likeness (QED) is 0.892. The van der Waals surface area contributed by atoms with Gasteiger partial charge in [-0.25, -0.2) is 4.79 Å². The summed E-state index contributed by atoms with van der Waals surface area (Å²) in [5.41, 5.74) is 2.47. The van der Waals surface area contributed by atoms with Crippen LogP contribution in [0.4, 0.5) is 16.2 Å². The average Bonchev–Trinajstić information content (AvgIpc) is 3.34. The maximum Gasteiger partial charge on any atom is 0.322 e. The Labute approximate surface area is 156 Å². The molecule has 1 atom stereocenters. The van der Waals surface area contributed by atoms with Gasteiger partial charge in [0.15, 0.2) is 6.10 Å². The van der Waals surface area contributed by atoms with Crippen molar-refractivity contribution in [1.82, 2.24) is 4.90 Å². The summed E-state index contributed by atoms with van der Waals surface area (Å²) in [6.07, 6.45) is 1.60. The summed E-state index contributed by atoms with van der Waals surface area (Å²) in [5, 5.41) is 7.06. The van der Waals surface area contributed by atoms with E-state index < -0.39 is 6.10 Å². The number of likely N-dealkylation sites (N-methyl/N-ethyl adjacent to an activating group) is 1. The van der Waals surface area contributed by atoms with E-state index in [4.69, 9.17) is 4.74 Å². The number of anilines is 2. The summed E-state index contributed by atoms with van der Waals surface area (Å²) >= 11 is 1.64. The average molecular weight is 371 g/mol. The smallest absolute Gasteiger partial charge is 0.322 e. The Morgan fingerprint density at radius 2 is 2.19 bits per heavy atom. The van der Waals surface area contributed by atoms with E-state index in [1.165, 1.54) is 0 Å². The first-order valence-electron chi connectivity index (χ1n) is 8.70. The molecule has 0 unspecified atom stereocenters. The van der Waals surface area contributed by atoms with Crippen LogP contribution in [0, 0.1) is 0 Å². The fourth-order valence-corrected chi connectivity index (χ4v) is 3.78. The lowest BCUT2D eigenvalue weighted by molar-refractivity contribution is -0.125. The van der Waals surface area contributed by atoms with E-state index in [0.29, 0.717) is 29.7 Å². The van der Waals surface area contributed by atoms with Crippen LogP contribution >= 0.6 is 11.3 Å². The molecule has 3 amide bonds. The molecule has 2 heterocycles. The molecule has 0 saturated heterocycles. The number of benzene rings is 1. The van der Waals surface area contributed by atoms with Crippen LogP contribution in [0.3, 0.4) is 0 Å². The second kappa shape index (κ2) is 6.64. The third kappa shape index (κ3) is 3.26. The minimum atomic E-state index is -0.496. The number of nitrogens with one attached hydrogen (secondary N) is 1. The zero-order valence-electron chi connectivity index (χ0n) is 14.8. The molecule has 0 spiro atoms. The van der Waals surface area contributed by atoms with Gasteiger partial charge in [0.25, 0.3) is 5.91 Å². The van der Waals surface area contributed by atoms with E-state index in [1.807, 2.05) is 22.4 Å². The maximum absolute atomic E-state index is 12.8. The van der Waals surface area contributed by atoms with Gasteiger partial charge in [-0.05, 0) is 60.4 Å². The number of ether oxygens (including phenoxy) is 1. The molecule has 1 saturated carbocycles. The van der Waals surface area contributed by atoms with Gasteiger partial charge in [0.1, 0.15) is 5.75 Å². The summed E-state index contributed by atoms with van der Waals surface area (Å²) in [7, 11) is 1.72. The number of hydrogen-bond donors (Lipinski definition) is 1. The molecule has 1 N–H and O–H groups in total. The summed E-state index contributed by atoms with van der Waals surface area (Å²) in [5.74, 6) is 0.549. The number of carbonyl (C=O) groups excluding carboxylic acids is 2. The lowest BCUT2D eigenvalue weighted by Crippen LogP contribution is -2.42. The monoisotopic (exact) mass is 371 g/mol. The van der Waals surface area contributed by atoms with Gasteiger partial charge in [-0.2, -0.15) is 11.3 Å². The molecule has 2 aromatic rings. The van der Waals surface area contributed by atoms with Gasteiger partial charge in [-0.15, -0.1) is 0 Å². The van der Waals surface area contributed by atoms with Crippen molar-refractivity contribution in [2.24, 2.45) is 0 Å². The molecule has 0 radical (unpaired) electrons. The summed E-state index contributed by atoms with van der Waals surface area (Å²) in [6, 6.07) is 7.63. The Morgan fingerprint density at radius 3 is 2.88 bits per heavy atom. The van der Waals surface area contributed by atoms with Gasteiger partial charge in [0.2, 0.25) is 0 Å². The van der Waals surface area contributed by atoms with Crippen molar-refractivity contribution in [2.75, 3.05) is 17.3 Å². The second-order valence-corrected chi connectivity index (χ2v) is 7.54. The Morgan fingerprint density at radius 1 is 1.38 bits per heavy atom. The SMILES string of the molecule is C[C@H]1Oc2ccc(NC(=O)N(Cc3ccsc3)C3CC3)cc2N(C)C1=O. The van der Waals surface area contributed by atoms with Crippen molar-refractivity contribution in [2.45, 2.75) is 38.5 Å². The summed E-state index contributed by atoms with van der Waals surface area (Å²) in [4.78, 5) is 28.4. The number of fused-ring (bicyclic) bond motifs is 1. The third-order valence-electron chi connectivity index (χ3n) is 4.74. The number of carbonyl (C=O) groups is 2. The molecule has 1 aliphatic carbocycles. The standard InChI is InChI=1S/C19H21N3O3S/c1-12-18(23)21(2)16-9-14(3-6-17(16)25-12)20-19(24)22(15-4-5-15)10-13-7-8-26-11-13/h3,6-9,11-12,15H,4-5,10H2,1-2H3,(H,20,24)/t12-/m1/s1. The summed E-state index contributed by atoms with van der Waals surface area (Å²) in [6.45, 7) is 2.35. The van der Waals surface area contributed by atoms with Crippen molar-refractivity contribution >= 4 is 34.6 Å².